The normalized spacial score (nSPS) is 25.8. The Kier molecular flexibility index (Phi) is 9.98. The Bertz CT molecular complexity index is 549. The summed E-state index contributed by atoms with van der Waals surface area (Å²) in [7, 11) is 0. The molecule has 0 spiro atoms. The van der Waals surface area contributed by atoms with Gasteiger partial charge in [0, 0.05) is 12.5 Å². The first kappa shape index (κ1) is 22.9. The number of nitrogens with one attached hydrogen (secondary N) is 1. The highest BCUT2D eigenvalue weighted by Crippen LogP contribution is 2.39. The molecule has 0 aliphatic heterocycles. The Morgan fingerprint density at radius 2 is 1.96 bits per heavy atom. The predicted octanol–water partition coefficient (Wildman–Crippen LogP) is 3.12. The molecule has 1 aliphatic carbocycles. The third-order valence-corrected chi connectivity index (χ3v) is 6.08. The van der Waals surface area contributed by atoms with E-state index in [4.69, 9.17) is 9.52 Å². The van der Waals surface area contributed by atoms with Crippen molar-refractivity contribution in [2.24, 2.45) is 11.8 Å². The number of carboxylic acid groups (broad SMARTS) is 1. The van der Waals surface area contributed by atoms with Crippen molar-refractivity contribution in [1.82, 2.24) is 5.48 Å². The van der Waals surface area contributed by atoms with E-state index in [0.717, 1.165) is 44.1 Å². The summed E-state index contributed by atoms with van der Waals surface area (Å²) < 4.78 is 5.04. The van der Waals surface area contributed by atoms with E-state index in [1.807, 2.05) is 6.07 Å². The number of hydroxylamine groups is 1. The number of hydrogen-bond donors (Lipinski definition) is 5. The molecule has 28 heavy (non-hydrogen) atoms. The Morgan fingerprint density at radius 1 is 1.18 bits per heavy atom. The Labute approximate surface area is 166 Å². The number of aryl methyl sites for hydroxylation is 1. The predicted molar refractivity (Wildman–Crippen MR) is 104 cm³/mol. The molecule has 0 aromatic carbocycles. The lowest BCUT2D eigenvalue weighted by Gasteiger charge is -2.26. The maximum atomic E-state index is 10.5. The van der Waals surface area contributed by atoms with Crippen LogP contribution in [0.4, 0.5) is 0 Å². The van der Waals surface area contributed by atoms with Gasteiger partial charge in [-0.2, -0.15) is 0 Å². The van der Waals surface area contributed by atoms with Crippen molar-refractivity contribution in [3.63, 3.8) is 0 Å². The molecule has 160 valence electrons. The van der Waals surface area contributed by atoms with E-state index < -0.39 is 18.2 Å². The second-order valence-electron chi connectivity index (χ2n) is 8.11. The van der Waals surface area contributed by atoms with E-state index >= 15 is 0 Å². The molecule has 2 rings (SSSR count). The van der Waals surface area contributed by atoms with E-state index in [1.54, 1.807) is 12.5 Å². The minimum Gasteiger partial charge on any atom is -0.481 e. The molecule has 1 aromatic heterocycles. The smallest absolute Gasteiger partial charge is 0.303 e. The third-order valence-electron chi connectivity index (χ3n) is 6.08. The van der Waals surface area contributed by atoms with Crippen LogP contribution in [-0.2, 0) is 11.2 Å². The van der Waals surface area contributed by atoms with Crippen LogP contribution < -0.4 is 5.48 Å². The van der Waals surface area contributed by atoms with Crippen LogP contribution in [0.1, 0.15) is 69.8 Å². The molecular weight excluding hydrogens is 362 g/mol. The van der Waals surface area contributed by atoms with Gasteiger partial charge in [0.2, 0.25) is 0 Å². The number of unbranched alkanes of at least 4 members (excludes halogenated alkanes) is 3. The van der Waals surface area contributed by atoms with Crippen LogP contribution in [0.25, 0.3) is 0 Å². The number of furan rings is 1. The standard InChI is InChI=1S/C21H35NO6/c23-16(8-7-15-11-12-28-14-15)9-10-17-18(20(24)13-19(17)22-27)5-3-1-2-4-6-21(25)26/h11-12,14,16-20,22-24,27H,1-10,13H2,(H,25,26)/t16-,17+,18+,19?,20-/m0/s1. The lowest BCUT2D eigenvalue weighted by molar-refractivity contribution is -0.137. The number of carbonyl (C=O) groups is 1. The highest BCUT2D eigenvalue weighted by molar-refractivity contribution is 5.66. The van der Waals surface area contributed by atoms with Crippen molar-refractivity contribution in [1.29, 1.82) is 0 Å². The van der Waals surface area contributed by atoms with E-state index in [1.165, 1.54) is 0 Å². The fourth-order valence-electron chi connectivity index (χ4n) is 4.47. The van der Waals surface area contributed by atoms with Crippen LogP contribution in [0.15, 0.2) is 23.0 Å². The molecule has 0 bridgehead atoms. The van der Waals surface area contributed by atoms with Crippen LogP contribution in [-0.4, -0.2) is 44.7 Å². The van der Waals surface area contributed by atoms with E-state index in [0.29, 0.717) is 25.7 Å². The topological polar surface area (TPSA) is 123 Å². The summed E-state index contributed by atoms with van der Waals surface area (Å²) in [5.41, 5.74) is 3.43. The molecular formula is C21H35NO6. The molecule has 0 amide bonds. The van der Waals surface area contributed by atoms with Crippen LogP contribution in [0.3, 0.4) is 0 Å². The van der Waals surface area contributed by atoms with Gasteiger partial charge in [0.25, 0.3) is 0 Å². The minimum atomic E-state index is -0.755. The zero-order valence-electron chi connectivity index (χ0n) is 16.5. The van der Waals surface area contributed by atoms with Gasteiger partial charge in [-0.25, -0.2) is 5.48 Å². The number of aliphatic carboxylic acids is 1. The van der Waals surface area contributed by atoms with Crippen LogP contribution in [0.2, 0.25) is 0 Å². The Morgan fingerprint density at radius 3 is 2.64 bits per heavy atom. The summed E-state index contributed by atoms with van der Waals surface area (Å²) in [6, 6.07) is 1.76. The van der Waals surface area contributed by atoms with Gasteiger partial charge < -0.3 is 24.9 Å². The van der Waals surface area contributed by atoms with Gasteiger partial charge in [0.15, 0.2) is 0 Å². The summed E-state index contributed by atoms with van der Waals surface area (Å²) in [4.78, 5) is 10.5. The number of carboxylic acids is 1. The number of aliphatic hydroxyl groups is 2. The Balaban J connectivity index is 1.73. The first-order valence-electron chi connectivity index (χ1n) is 10.5. The van der Waals surface area contributed by atoms with Gasteiger partial charge in [-0.1, -0.05) is 19.3 Å². The summed E-state index contributed by atoms with van der Waals surface area (Å²) in [5, 5.41) is 38.9. The number of aliphatic hydroxyl groups excluding tert-OH is 2. The molecule has 7 nitrogen and oxygen atoms in total. The fraction of sp³-hybridized carbons (Fsp3) is 0.762. The van der Waals surface area contributed by atoms with Crippen LogP contribution in [0, 0.1) is 11.8 Å². The van der Waals surface area contributed by atoms with Crippen molar-refractivity contribution in [3.8, 4) is 0 Å². The Hall–Kier alpha value is -1.41. The summed E-state index contributed by atoms with van der Waals surface area (Å²) in [5.74, 6) is -0.526. The quantitative estimate of drug-likeness (QED) is 0.241. The molecule has 1 unspecified atom stereocenters. The second-order valence-corrected chi connectivity index (χ2v) is 8.11. The lowest BCUT2D eigenvalue weighted by Crippen LogP contribution is -2.32. The van der Waals surface area contributed by atoms with Gasteiger partial charge in [-0.05, 0) is 68.4 Å². The van der Waals surface area contributed by atoms with Crippen molar-refractivity contribution < 1.29 is 29.7 Å². The van der Waals surface area contributed by atoms with Crippen molar-refractivity contribution in [2.75, 3.05) is 0 Å². The van der Waals surface area contributed by atoms with Crippen molar-refractivity contribution in [3.05, 3.63) is 24.2 Å². The average molecular weight is 398 g/mol. The molecule has 5 atom stereocenters. The molecule has 1 aromatic rings. The third kappa shape index (κ3) is 7.54. The zero-order chi connectivity index (χ0) is 20.4. The zero-order valence-corrected chi connectivity index (χ0v) is 16.5. The highest BCUT2D eigenvalue weighted by atomic mass is 16.5. The lowest BCUT2D eigenvalue weighted by atomic mass is 9.84. The molecule has 1 aliphatic rings. The molecule has 1 fully saturated rings. The molecule has 1 heterocycles. The summed E-state index contributed by atoms with van der Waals surface area (Å²) in [6.45, 7) is 0. The summed E-state index contributed by atoms with van der Waals surface area (Å²) >= 11 is 0. The van der Waals surface area contributed by atoms with Crippen LogP contribution in [0.5, 0.6) is 0 Å². The molecule has 0 saturated heterocycles. The largest absolute Gasteiger partial charge is 0.481 e. The highest BCUT2D eigenvalue weighted by Gasteiger charge is 2.41. The van der Waals surface area contributed by atoms with Gasteiger partial charge in [-0.3, -0.25) is 4.79 Å². The minimum absolute atomic E-state index is 0.102. The fourth-order valence-corrected chi connectivity index (χ4v) is 4.47. The van der Waals surface area contributed by atoms with Gasteiger partial charge >= 0.3 is 5.97 Å². The van der Waals surface area contributed by atoms with Gasteiger partial charge in [-0.15, -0.1) is 0 Å². The monoisotopic (exact) mass is 397 g/mol. The maximum Gasteiger partial charge on any atom is 0.303 e. The van der Waals surface area contributed by atoms with Gasteiger partial charge in [0.1, 0.15) is 0 Å². The first-order valence-corrected chi connectivity index (χ1v) is 10.5. The SMILES string of the molecule is O=C(O)CCCCCC[C@H]1[C@@H](O)CC(NO)[C@@H]1CC[C@@H](O)CCc1ccoc1. The van der Waals surface area contributed by atoms with E-state index in [9.17, 15) is 20.2 Å². The molecule has 7 heteroatoms. The van der Waals surface area contributed by atoms with Crippen molar-refractivity contribution in [2.45, 2.75) is 88.9 Å². The average Bonchev–Trinajstić information content (AvgIpc) is 3.28. The maximum absolute atomic E-state index is 10.5. The van der Waals surface area contributed by atoms with Gasteiger partial charge in [0.05, 0.1) is 24.7 Å². The summed E-state index contributed by atoms with van der Waals surface area (Å²) in [6.07, 6.45) is 10.4. The first-order chi connectivity index (χ1) is 13.5. The number of hydrogen-bond acceptors (Lipinski definition) is 6. The van der Waals surface area contributed by atoms with Crippen molar-refractivity contribution >= 4 is 5.97 Å². The molecule has 1 saturated carbocycles. The van der Waals surface area contributed by atoms with E-state index in [-0.39, 0.29) is 24.3 Å². The van der Waals surface area contributed by atoms with E-state index in [2.05, 4.69) is 5.48 Å². The molecule has 0 radical (unpaired) electrons. The second kappa shape index (κ2) is 12.2. The molecule has 5 N–H and O–H groups in total. The van der Waals surface area contributed by atoms with Crippen LogP contribution >= 0.6 is 0 Å². The number of rotatable bonds is 14.